The largest absolute Gasteiger partial charge is 0.373 e. The van der Waals surface area contributed by atoms with Crippen molar-refractivity contribution in [2.45, 2.75) is 20.8 Å². The van der Waals surface area contributed by atoms with Crippen LogP contribution in [0.4, 0.5) is 5.82 Å². The number of anilines is 1. The predicted molar refractivity (Wildman–Crippen MR) is 69.0 cm³/mol. The van der Waals surface area contributed by atoms with Gasteiger partial charge in [0.25, 0.3) is 0 Å². The highest BCUT2D eigenvalue weighted by Gasteiger charge is 2.10. The van der Waals surface area contributed by atoms with Gasteiger partial charge in [-0.05, 0) is 32.4 Å². The molecule has 4 heteroatoms. The van der Waals surface area contributed by atoms with Gasteiger partial charge in [0.2, 0.25) is 0 Å². The van der Waals surface area contributed by atoms with E-state index in [0.29, 0.717) is 0 Å². The molecule has 2 aromatic heterocycles. The molecule has 0 saturated heterocycles. The quantitative estimate of drug-likeness (QED) is 0.858. The summed E-state index contributed by atoms with van der Waals surface area (Å²) in [7, 11) is 1.87. The second kappa shape index (κ2) is 4.49. The van der Waals surface area contributed by atoms with Crippen molar-refractivity contribution in [1.82, 2.24) is 15.0 Å². The van der Waals surface area contributed by atoms with Gasteiger partial charge in [0.15, 0.2) is 5.82 Å². The molecule has 0 radical (unpaired) electrons. The van der Waals surface area contributed by atoms with Crippen LogP contribution in [0, 0.1) is 20.8 Å². The second-order valence-electron chi connectivity index (χ2n) is 4.05. The third kappa shape index (κ3) is 2.11. The first-order chi connectivity index (χ1) is 8.13. The Bertz CT molecular complexity index is 549. The molecule has 0 aliphatic heterocycles. The normalized spacial score (nSPS) is 10.4. The maximum atomic E-state index is 4.53. The van der Waals surface area contributed by atoms with Gasteiger partial charge in [-0.1, -0.05) is 0 Å². The first-order valence-corrected chi connectivity index (χ1v) is 5.57. The lowest BCUT2D eigenvalue weighted by molar-refractivity contribution is 1.06. The number of hydrogen-bond donors (Lipinski definition) is 1. The van der Waals surface area contributed by atoms with E-state index >= 15 is 0 Å². The number of aryl methyl sites for hydroxylation is 2. The van der Waals surface area contributed by atoms with Crippen LogP contribution in [-0.2, 0) is 0 Å². The fourth-order valence-corrected chi connectivity index (χ4v) is 1.72. The Morgan fingerprint density at radius 2 is 1.88 bits per heavy atom. The molecular weight excluding hydrogens is 212 g/mol. The lowest BCUT2D eigenvalue weighted by atomic mass is 10.1. The maximum absolute atomic E-state index is 4.53. The zero-order valence-corrected chi connectivity index (χ0v) is 10.6. The topological polar surface area (TPSA) is 50.7 Å². The van der Waals surface area contributed by atoms with Gasteiger partial charge in [0, 0.05) is 36.3 Å². The summed E-state index contributed by atoms with van der Waals surface area (Å²) in [6.45, 7) is 6.03. The van der Waals surface area contributed by atoms with Crippen molar-refractivity contribution in [3.63, 3.8) is 0 Å². The lowest BCUT2D eigenvalue weighted by Gasteiger charge is -2.10. The molecule has 4 nitrogen and oxygen atoms in total. The van der Waals surface area contributed by atoms with E-state index in [9.17, 15) is 0 Å². The van der Waals surface area contributed by atoms with Gasteiger partial charge in [-0.25, -0.2) is 9.97 Å². The number of nitrogens with one attached hydrogen (secondary N) is 1. The molecule has 0 fully saturated rings. The molecule has 0 aromatic carbocycles. The summed E-state index contributed by atoms with van der Waals surface area (Å²) < 4.78 is 0. The smallest absolute Gasteiger partial charge is 0.162 e. The molecule has 0 saturated carbocycles. The highest BCUT2D eigenvalue weighted by atomic mass is 15.0. The van der Waals surface area contributed by atoms with Crippen LogP contribution in [-0.4, -0.2) is 22.0 Å². The molecule has 0 spiro atoms. The van der Waals surface area contributed by atoms with Crippen LogP contribution in [0.25, 0.3) is 11.4 Å². The zero-order chi connectivity index (χ0) is 12.4. The molecule has 0 aliphatic rings. The SMILES string of the molecule is CNc1nc(-c2ccncc2C)nc(C)c1C. The Morgan fingerprint density at radius 3 is 2.53 bits per heavy atom. The second-order valence-corrected chi connectivity index (χ2v) is 4.05. The molecule has 0 atom stereocenters. The molecule has 0 unspecified atom stereocenters. The third-order valence-electron chi connectivity index (χ3n) is 2.89. The minimum atomic E-state index is 0.748. The van der Waals surface area contributed by atoms with Crippen LogP contribution in [0.3, 0.4) is 0 Å². The van der Waals surface area contributed by atoms with Gasteiger partial charge in [0.1, 0.15) is 5.82 Å². The average Bonchev–Trinajstić information content (AvgIpc) is 2.33. The zero-order valence-electron chi connectivity index (χ0n) is 10.6. The number of hydrogen-bond acceptors (Lipinski definition) is 4. The van der Waals surface area contributed by atoms with Gasteiger partial charge >= 0.3 is 0 Å². The number of nitrogens with zero attached hydrogens (tertiary/aromatic N) is 3. The van der Waals surface area contributed by atoms with Gasteiger partial charge in [-0.3, -0.25) is 4.98 Å². The van der Waals surface area contributed by atoms with Crippen molar-refractivity contribution in [3.8, 4) is 11.4 Å². The summed E-state index contributed by atoms with van der Waals surface area (Å²) in [5.41, 5.74) is 4.19. The van der Waals surface area contributed by atoms with Crippen LogP contribution in [0.15, 0.2) is 18.5 Å². The van der Waals surface area contributed by atoms with Crippen molar-refractivity contribution in [2.75, 3.05) is 12.4 Å². The predicted octanol–water partition coefficient (Wildman–Crippen LogP) is 2.51. The Morgan fingerprint density at radius 1 is 1.12 bits per heavy atom. The molecule has 2 rings (SSSR count). The Hall–Kier alpha value is -1.97. The van der Waals surface area contributed by atoms with Crippen LogP contribution in [0.5, 0.6) is 0 Å². The van der Waals surface area contributed by atoms with E-state index in [1.165, 1.54) is 0 Å². The summed E-state index contributed by atoms with van der Waals surface area (Å²) in [6.07, 6.45) is 3.59. The van der Waals surface area contributed by atoms with Crippen molar-refractivity contribution in [1.29, 1.82) is 0 Å². The third-order valence-corrected chi connectivity index (χ3v) is 2.89. The van der Waals surface area contributed by atoms with Crippen molar-refractivity contribution in [3.05, 3.63) is 35.3 Å². The summed E-state index contributed by atoms with van der Waals surface area (Å²) >= 11 is 0. The maximum Gasteiger partial charge on any atom is 0.162 e. The molecule has 88 valence electrons. The first-order valence-electron chi connectivity index (χ1n) is 5.57. The van der Waals surface area contributed by atoms with E-state index in [0.717, 1.165) is 34.0 Å². The van der Waals surface area contributed by atoms with Gasteiger partial charge < -0.3 is 5.32 Å². The van der Waals surface area contributed by atoms with Crippen LogP contribution >= 0.6 is 0 Å². The summed E-state index contributed by atoms with van der Waals surface area (Å²) in [6, 6.07) is 1.94. The number of aromatic nitrogens is 3. The molecule has 0 aliphatic carbocycles. The Balaban J connectivity index is 2.61. The van der Waals surface area contributed by atoms with Crippen LogP contribution in [0.2, 0.25) is 0 Å². The highest BCUT2D eigenvalue weighted by Crippen LogP contribution is 2.23. The number of rotatable bonds is 2. The lowest BCUT2D eigenvalue weighted by Crippen LogP contribution is -2.03. The molecule has 2 heterocycles. The Kier molecular flexibility index (Phi) is 3.04. The van der Waals surface area contributed by atoms with E-state index < -0.39 is 0 Å². The standard InChI is InChI=1S/C13H16N4/c1-8-7-15-6-5-11(8)13-16-10(3)9(2)12(14-4)17-13/h5-7H,1-4H3,(H,14,16,17). The van der Waals surface area contributed by atoms with E-state index in [-0.39, 0.29) is 0 Å². The average molecular weight is 228 g/mol. The van der Waals surface area contributed by atoms with Crippen LogP contribution in [0.1, 0.15) is 16.8 Å². The minimum absolute atomic E-state index is 0.748. The number of pyridine rings is 1. The van der Waals surface area contributed by atoms with Crippen LogP contribution < -0.4 is 5.32 Å². The molecule has 2 aromatic rings. The van der Waals surface area contributed by atoms with Gasteiger partial charge in [-0.2, -0.15) is 0 Å². The van der Waals surface area contributed by atoms with E-state index in [1.807, 2.05) is 40.1 Å². The van der Waals surface area contributed by atoms with Crippen molar-refractivity contribution >= 4 is 5.82 Å². The van der Waals surface area contributed by atoms with Gasteiger partial charge in [-0.15, -0.1) is 0 Å². The van der Waals surface area contributed by atoms with Gasteiger partial charge in [0.05, 0.1) is 0 Å². The fourth-order valence-electron chi connectivity index (χ4n) is 1.72. The monoisotopic (exact) mass is 228 g/mol. The summed E-state index contributed by atoms with van der Waals surface area (Å²) in [4.78, 5) is 13.1. The fraction of sp³-hybridized carbons (Fsp3) is 0.308. The minimum Gasteiger partial charge on any atom is -0.373 e. The van der Waals surface area contributed by atoms with E-state index in [1.54, 1.807) is 6.20 Å². The summed E-state index contributed by atoms with van der Waals surface area (Å²) in [5, 5.41) is 3.10. The summed E-state index contributed by atoms with van der Waals surface area (Å²) in [5.74, 6) is 1.63. The molecule has 0 bridgehead atoms. The highest BCUT2D eigenvalue weighted by molar-refractivity contribution is 5.62. The van der Waals surface area contributed by atoms with E-state index in [4.69, 9.17) is 0 Å². The van der Waals surface area contributed by atoms with Crippen molar-refractivity contribution < 1.29 is 0 Å². The first kappa shape index (κ1) is 11.5. The molecule has 0 amide bonds. The molecule has 17 heavy (non-hydrogen) atoms. The van der Waals surface area contributed by atoms with Crippen molar-refractivity contribution in [2.24, 2.45) is 0 Å². The molecular formula is C13H16N4. The molecule has 1 N–H and O–H groups in total. The van der Waals surface area contributed by atoms with E-state index in [2.05, 4.69) is 20.3 Å². The Labute approximate surface area is 101 Å².